The molecule has 0 aliphatic carbocycles. The maximum Gasteiger partial charge on any atom is 0.329 e. The van der Waals surface area contributed by atoms with Crippen LogP contribution in [0.2, 0.25) is 0 Å². The van der Waals surface area contributed by atoms with Gasteiger partial charge in [-0.1, -0.05) is 0 Å². The Morgan fingerprint density at radius 1 is 1.32 bits per heavy atom. The van der Waals surface area contributed by atoms with E-state index in [4.69, 9.17) is 0 Å². The van der Waals surface area contributed by atoms with Gasteiger partial charge < -0.3 is 10.6 Å². The predicted molar refractivity (Wildman–Crippen MR) is 73.1 cm³/mol. The van der Waals surface area contributed by atoms with E-state index >= 15 is 0 Å². The van der Waals surface area contributed by atoms with E-state index in [1.807, 2.05) is 0 Å². The average molecular weight is 263 g/mol. The maximum absolute atomic E-state index is 11.8. The van der Waals surface area contributed by atoms with Gasteiger partial charge in [-0.25, -0.2) is 9.78 Å². The van der Waals surface area contributed by atoms with E-state index in [1.54, 1.807) is 40.2 Å². The first-order chi connectivity index (χ1) is 8.95. The van der Waals surface area contributed by atoms with Crippen molar-refractivity contribution in [2.75, 3.05) is 12.4 Å². The SMILES string of the molecule is CNC(C)C(=O)Nc1ccc2c(n1)n(C)c(=O)n2C. The molecule has 1 unspecified atom stereocenters. The molecule has 0 radical (unpaired) electrons. The Morgan fingerprint density at radius 3 is 2.63 bits per heavy atom. The zero-order valence-electron chi connectivity index (χ0n) is 11.4. The third-order valence-corrected chi connectivity index (χ3v) is 3.19. The first-order valence-electron chi connectivity index (χ1n) is 5.96. The van der Waals surface area contributed by atoms with Crippen LogP contribution < -0.4 is 16.3 Å². The summed E-state index contributed by atoms with van der Waals surface area (Å²) < 4.78 is 2.97. The molecule has 1 amide bonds. The molecule has 2 heterocycles. The number of carbonyl (C=O) groups is 1. The highest BCUT2D eigenvalue weighted by Gasteiger charge is 2.13. The Bertz CT molecular complexity index is 685. The second kappa shape index (κ2) is 4.85. The number of imidazole rings is 1. The lowest BCUT2D eigenvalue weighted by molar-refractivity contribution is -0.117. The molecule has 19 heavy (non-hydrogen) atoms. The minimum Gasteiger partial charge on any atom is -0.309 e. The molecule has 102 valence electrons. The molecule has 1 atom stereocenters. The zero-order valence-corrected chi connectivity index (χ0v) is 11.4. The third kappa shape index (κ3) is 2.24. The van der Waals surface area contributed by atoms with Gasteiger partial charge >= 0.3 is 5.69 Å². The van der Waals surface area contributed by atoms with Crippen LogP contribution in [0.15, 0.2) is 16.9 Å². The maximum atomic E-state index is 11.8. The molecule has 0 fully saturated rings. The summed E-state index contributed by atoms with van der Waals surface area (Å²) in [6.45, 7) is 1.76. The van der Waals surface area contributed by atoms with E-state index in [-0.39, 0.29) is 17.6 Å². The van der Waals surface area contributed by atoms with Crippen LogP contribution in [0.5, 0.6) is 0 Å². The molecule has 0 aliphatic rings. The molecule has 2 aromatic rings. The number of aryl methyl sites for hydroxylation is 2. The Hall–Kier alpha value is -2.15. The Balaban J connectivity index is 2.40. The Labute approximate surface area is 110 Å². The summed E-state index contributed by atoms with van der Waals surface area (Å²) in [5.41, 5.74) is 1.13. The summed E-state index contributed by atoms with van der Waals surface area (Å²) in [6.07, 6.45) is 0. The van der Waals surface area contributed by atoms with Gasteiger partial charge in [0.05, 0.1) is 11.6 Å². The second-order valence-corrected chi connectivity index (χ2v) is 4.44. The van der Waals surface area contributed by atoms with Crippen LogP contribution in [0, 0.1) is 0 Å². The molecule has 0 spiro atoms. The number of amides is 1. The second-order valence-electron chi connectivity index (χ2n) is 4.44. The van der Waals surface area contributed by atoms with Crippen LogP contribution >= 0.6 is 0 Å². The smallest absolute Gasteiger partial charge is 0.309 e. The highest BCUT2D eigenvalue weighted by molar-refractivity contribution is 5.94. The standard InChI is InChI=1S/C12H17N5O2/c1-7(13-2)11(18)15-9-6-5-8-10(14-9)17(4)12(19)16(8)3/h5-7,13H,1-4H3,(H,14,15,18). The number of anilines is 1. The van der Waals surface area contributed by atoms with Crippen LogP contribution in [0.3, 0.4) is 0 Å². The number of carbonyl (C=O) groups excluding carboxylic acids is 1. The topological polar surface area (TPSA) is 81.0 Å². The van der Waals surface area contributed by atoms with Crippen molar-refractivity contribution in [2.45, 2.75) is 13.0 Å². The van der Waals surface area contributed by atoms with E-state index in [0.717, 1.165) is 5.52 Å². The Morgan fingerprint density at radius 2 is 2.00 bits per heavy atom. The molecule has 0 aliphatic heterocycles. The van der Waals surface area contributed by atoms with Crippen molar-refractivity contribution in [3.05, 3.63) is 22.6 Å². The Kier molecular flexibility index (Phi) is 3.39. The summed E-state index contributed by atoms with van der Waals surface area (Å²) in [7, 11) is 5.05. The largest absolute Gasteiger partial charge is 0.329 e. The van der Waals surface area contributed by atoms with Gasteiger partial charge in [0.15, 0.2) is 5.65 Å². The van der Waals surface area contributed by atoms with Crippen molar-refractivity contribution in [1.29, 1.82) is 0 Å². The van der Waals surface area contributed by atoms with E-state index < -0.39 is 0 Å². The highest BCUT2D eigenvalue weighted by Crippen LogP contribution is 2.13. The van der Waals surface area contributed by atoms with Gasteiger partial charge in [-0.3, -0.25) is 13.9 Å². The number of fused-ring (bicyclic) bond motifs is 1. The quantitative estimate of drug-likeness (QED) is 0.805. The van der Waals surface area contributed by atoms with E-state index in [9.17, 15) is 9.59 Å². The summed E-state index contributed by atoms with van der Waals surface area (Å²) in [6, 6.07) is 3.14. The van der Waals surface area contributed by atoms with E-state index in [0.29, 0.717) is 11.5 Å². The fourth-order valence-electron chi connectivity index (χ4n) is 1.80. The number of nitrogens with one attached hydrogen (secondary N) is 2. The number of nitrogens with zero attached hydrogens (tertiary/aromatic N) is 3. The number of aromatic nitrogens is 3. The normalized spacial score (nSPS) is 12.6. The average Bonchev–Trinajstić information content (AvgIpc) is 2.63. The lowest BCUT2D eigenvalue weighted by Crippen LogP contribution is -2.35. The number of likely N-dealkylation sites (N-methyl/N-ethyl adjacent to an activating group) is 1. The molecule has 2 aromatic heterocycles. The monoisotopic (exact) mass is 263 g/mol. The molecular formula is C12H17N5O2. The summed E-state index contributed by atoms with van der Waals surface area (Å²) in [5, 5.41) is 5.55. The lowest BCUT2D eigenvalue weighted by atomic mass is 10.3. The summed E-state index contributed by atoms with van der Waals surface area (Å²) in [5.74, 6) is 0.260. The zero-order chi connectivity index (χ0) is 14.2. The number of pyridine rings is 1. The first-order valence-corrected chi connectivity index (χ1v) is 5.96. The number of hydrogen-bond acceptors (Lipinski definition) is 4. The van der Waals surface area contributed by atoms with E-state index in [1.165, 1.54) is 9.13 Å². The van der Waals surface area contributed by atoms with Crippen LogP contribution in [0.1, 0.15) is 6.92 Å². The van der Waals surface area contributed by atoms with Crippen molar-refractivity contribution < 1.29 is 4.79 Å². The van der Waals surface area contributed by atoms with Crippen molar-refractivity contribution in [2.24, 2.45) is 14.1 Å². The predicted octanol–water partition coefficient (Wildman–Crippen LogP) is -0.182. The third-order valence-electron chi connectivity index (χ3n) is 3.19. The molecular weight excluding hydrogens is 246 g/mol. The molecule has 7 nitrogen and oxygen atoms in total. The molecule has 0 aromatic carbocycles. The molecule has 0 bridgehead atoms. The van der Waals surface area contributed by atoms with Crippen molar-refractivity contribution in [3.63, 3.8) is 0 Å². The van der Waals surface area contributed by atoms with Gasteiger partial charge in [-0.2, -0.15) is 0 Å². The van der Waals surface area contributed by atoms with Gasteiger partial charge in [-0.05, 0) is 26.1 Å². The van der Waals surface area contributed by atoms with Crippen molar-refractivity contribution >= 4 is 22.9 Å². The van der Waals surface area contributed by atoms with Crippen LogP contribution in [0.25, 0.3) is 11.2 Å². The first kappa shape index (κ1) is 13.3. The van der Waals surface area contributed by atoms with Gasteiger partial charge in [-0.15, -0.1) is 0 Å². The fourth-order valence-corrected chi connectivity index (χ4v) is 1.80. The summed E-state index contributed by atoms with van der Waals surface area (Å²) in [4.78, 5) is 27.8. The molecule has 2 N–H and O–H groups in total. The molecule has 0 saturated carbocycles. The van der Waals surface area contributed by atoms with Gasteiger partial charge in [0.25, 0.3) is 0 Å². The van der Waals surface area contributed by atoms with Crippen molar-refractivity contribution in [3.8, 4) is 0 Å². The van der Waals surface area contributed by atoms with Gasteiger partial charge in [0.1, 0.15) is 5.82 Å². The van der Waals surface area contributed by atoms with Crippen LogP contribution in [-0.4, -0.2) is 33.1 Å². The van der Waals surface area contributed by atoms with Crippen LogP contribution in [-0.2, 0) is 18.9 Å². The molecule has 7 heteroatoms. The van der Waals surface area contributed by atoms with Crippen LogP contribution in [0.4, 0.5) is 5.82 Å². The number of rotatable bonds is 3. The van der Waals surface area contributed by atoms with E-state index in [2.05, 4.69) is 15.6 Å². The molecule has 0 saturated heterocycles. The minimum atomic E-state index is -0.308. The highest BCUT2D eigenvalue weighted by atomic mass is 16.2. The van der Waals surface area contributed by atoms with Crippen molar-refractivity contribution in [1.82, 2.24) is 19.4 Å². The molecule has 2 rings (SSSR count). The lowest BCUT2D eigenvalue weighted by Gasteiger charge is -2.10. The fraction of sp³-hybridized carbons (Fsp3) is 0.417. The van der Waals surface area contributed by atoms with Gasteiger partial charge in [0, 0.05) is 14.1 Å². The number of hydrogen-bond donors (Lipinski definition) is 2. The summed E-state index contributed by atoms with van der Waals surface area (Å²) >= 11 is 0. The minimum absolute atomic E-state index is 0.144. The van der Waals surface area contributed by atoms with Gasteiger partial charge in [0.2, 0.25) is 5.91 Å².